The van der Waals surface area contributed by atoms with E-state index in [1.54, 1.807) is 12.1 Å². The number of likely N-dealkylation sites (tertiary alicyclic amines) is 1. The van der Waals surface area contributed by atoms with Crippen LogP contribution in [0.5, 0.6) is 11.5 Å². The molecule has 3 aliphatic rings. The molecule has 3 heterocycles. The largest absolute Gasteiger partial charge is 0.454 e. The molecule has 2 N–H and O–H groups in total. The van der Waals surface area contributed by atoms with Gasteiger partial charge in [0.15, 0.2) is 11.5 Å². The number of hydrogen-bond acceptors (Lipinski definition) is 5. The molecule has 7 heteroatoms. The summed E-state index contributed by atoms with van der Waals surface area (Å²) in [5, 5.41) is 7.29. The molecule has 0 aliphatic carbocycles. The summed E-state index contributed by atoms with van der Waals surface area (Å²) < 4.78 is 10.8. The molecule has 2 aromatic carbocycles. The Morgan fingerprint density at radius 1 is 1.10 bits per heavy atom. The van der Waals surface area contributed by atoms with E-state index >= 15 is 0 Å². The highest BCUT2D eigenvalue weighted by atomic mass is 16.7. The Morgan fingerprint density at radius 2 is 1.87 bits per heavy atom. The van der Waals surface area contributed by atoms with E-state index in [1.807, 2.05) is 29.2 Å². The first-order chi connectivity index (χ1) is 14.8. The van der Waals surface area contributed by atoms with Gasteiger partial charge in [-0.15, -0.1) is 0 Å². The summed E-state index contributed by atoms with van der Waals surface area (Å²) in [6.07, 6.45) is 1.78. The molecule has 0 radical (unpaired) electrons. The zero-order valence-corrected chi connectivity index (χ0v) is 18.2. The lowest BCUT2D eigenvalue weighted by molar-refractivity contribution is 0.0694. The van der Waals surface area contributed by atoms with Crippen LogP contribution in [0.3, 0.4) is 0 Å². The Kier molecular flexibility index (Phi) is 4.57. The zero-order valence-electron chi connectivity index (χ0n) is 18.2. The van der Waals surface area contributed by atoms with Crippen LogP contribution in [0, 0.1) is 0 Å². The van der Waals surface area contributed by atoms with Gasteiger partial charge in [-0.2, -0.15) is 0 Å². The normalized spacial score (nSPS) is 23.3. The standard InChI is InChI=1S/C24H28N4O3/c1-23(2,3)27-22-24(26-18-8-5-4-7-17(18)25-22)11-6-12-28(14-24)21(29)16-9-10-19-20(13-16)31-15-30-19/h4-5,7-10,13,26H,6,11-12,14-15H2,1-3H3,(H,25,27)/t24-/m1/s1. The van der Waals surface area contributed by atoms with Crippen molar-refractivity contribution >= 4 is 23.1 Å². The van der Waals surface area contributed by atoms with Crippen LogP contribution in [-0.2, 0) is 0 Å². The number of para-hydroxylation sites is 2. The minimum atomic E-state index is -0.452. The first kappa shape index (κ1) is 19.7. The minimum Gasteiger partial charge on any atom is -0.454 e. The van der Waals surface area contributed by atoms with Crippen LogP contribution >= 0.6 is 0 Å². The van der Waals surface area contributed by atoms with Crippen LogP contribution in [0.15, 0.2) is 47.5 Å². The van der Waals surface area contributed by atoms with E-state index in [1.165, 1.54) is 0 Å². The number of hydrogen-bond donors (Lipinski definition) is 2. The average Bonchev–Trinajstić information content (AvgIpc) is 3.21. The summed E-state index contributed by atoms with van der Waals surface area (Å²) in [4.78, 5) is 20.3. The van der Waals surface area contributed by atoms with Gasteiger partial charge < -0.3 is 25.0 Å². The van der Waals surface area contributed by atoms with Crippen molar-refractivity contribution in [3.63, 3.8) is 0 Å². The fraction of sp³-hybridized carbons (Fsp3) is 0.417. The van der Waals surface area contributed by atoms with Gasteiger partial charge in [-0.3, -0.25) is 9.79 Å². The van der Waals surface area contributed by atoms with E-state index in [4.69, 9.17) is 14.5 Å². The predicted molar refractivity (Wildman–Crippen MR) is 121 cm³/mol. The van der Waals surface area contributed by atoms with Crippen molar-refractivity contribution in [2.45, 2.75) is 44.7 Å². The predicted octanol–water partition coefficient (Wildman–Crippen LogP) is 4.12. The summed E-state index contributed by atoms with van der Waals surface area (Å²) >= 11 is 0. The Morgan fingerprint density at radius 3 is 2.68 bits per heavy atom. The van der Waals surface area contributed by atoms with Crippen molar-refractivity contribution in [2.24, 2.45) is 4.99 Å². The van der Waals surface area contributed by atoms with Gasteiger partial charge in [-0.05, 0) is 63.9 Å². The highest BCUT2D eigenvalue weighted by Crippen LogP contribution is 2.38. The van der Waals surface area contributed by atoms with Gasteiger partial charge in [0.05, 0.1) is 23.5 Å². The van der Waals surface area contributed by atoms with Crippen molar-refractivity contribution < 1.29 is 14.3 Å². The molecule has 1 atom stereocenters. The van der Waals surface area contributed by atoms with E-state index in [0.29, 0.717) is 30.2 Å². The average molecular weight is 421 g/mol. The number of aliphatic imine (C=N–C) groups is 1. The third-order valence-corrected chi connectivity index (χ3v) is 5.85. The van der Waals surface area contributed by atoms with Crippen LogP contribution in [0.1, 0.15) is 44.0 Å². The number of rotatable bonds is 1. The molecule has 0 bridgehead atoms. The minimum absolute atomic E-state index is 0.00635. The first-order valence-corrected chi connectivity index (χ1v) is 10.8. The van der Waals surface area contributed by atoms with Crippen LogP contribution in [-0.4, -0.2) is 47.6 Å². The fourth-order valence-electron chi connectivity index (χ4n) is 4.47. The number of nitrogens with zero attached hydrogens (tertiary/aromatic N) is 2. The second-order valence-corrected chi connectivity index (χ2v) is 9.41. The lowest BCUT2D eigenvalue weighted by Gasteiger charge is -2.47. The Hall–Kier alpha value is -3.22. The van der Waals surface area contributed by atoms with Crippen LogP contribution in [0.25, 0.3) is 0 Å². The monoisotopic (exact) mass is 420 g/mol. The maximum atomic E-state index is 13.4. The number of amidine groups is 1. The number of ether oxygens (including phenoxy) is 2. The van der Waals surface area contributed by atoms with Crippen LogP contribution in [0.2, 0.25) is 0 Å². The number of nitrogens with one attached hydrogen (secondary N) is 2. The molecular formula is C24H28N4O3. The van der Waals surface area contributed by atoms with Crippen molar-refractivity contribution in [2.75, 3.05) is 30.5 Å². The molecule has 1 amide bonds. The number of fused-ring (bicyclic) bond motifs is 2. The Labute approximate surface area is 182 Å². The summed E-state index contributed by atoms with van der Waals surface area (Å²) in [5.41, 5.74) is 1.96. The Balaban J connectivity index is 1.48. The van der Waals surface area contributed by atoms with Gasteiger partial charge in [0.25, 0.3) is 5.91 Å². The van der Waals surface area contributed by atoms with E-state index in [0.717, 1.165) is 30.1 Å². The van der Waals surface area contributed by atoms with Crippen molar-refractivity contribution in [3.05, 3.63) is 48.0 Å². The van der Waals surface area contributed by atoms with Gasteiger partial charge >= 0.3 is 0 Å². The van der Waals surface area contributed by atoms with Crippen molar-refractivity contribution in [1.29, 1.82) is 0 Å². The second kappa shape index (κ2) is 7.18. The lowest BCUT2D eigenvalue weighted by Crippen LogP contribution is -2.63. The topological polar surface area (TPSA) is 75.2 Å². The summed E-state index contributed by atoms with van der Waals surface area (Å²) in [6.45, 7) is 7.72. The van der Waals surface area contributed by atoms with E-state index in [2.05, 4.69) is 37.5 Å². The molecule has 31 heavy (non-hydrogen) atoms. The molecule has 2 aromatic rings. The number of carbonyl (C=O) groups is 1. The quantitative estimate of drug-likeness (QED) is 0.726. The summed E-state index contributed by atoms with van der Waals surface area (Å²) in [6, 6.07) is 13.5. The highest BCUT2D eigenvalue weighted by molar-refractivity contribution is 6.10. The lowest BCUT2D eigenvalue weighted by atomic mass is 9.84. The third kappa shape index (κ3) is 3.69. The first-order valence-electron chi connectivity index (χ1n) is 10.8. The molecule has 3 aliphatic heterocycles. The maximum Gasteiger partial charge on any atom is 0.254 e. The molecule has 5 rings (SSSR count). The fourth-order valence-corrected chi connectivity index (χ4v) is 4.47. The SMILES string of the molecule is CC(C)(C)N=C1Nc2ccccc2N[C@@]12CCCN(C(=O)c1ccc3c(c1)OCO3)C2. The molecular weight excluding hydrogens is 392 g/mol. The molecule has 0 unspecified atom stereocenters. The van der Waals surface area contributed by atoms with Gasteiger partial charge in [-0.1, -0.05) is 12.1 Å². The van der Waals surface area contributed by atoms with E-state index in [-0.39, 0.29) is 18.2 Å². The second-order valence-electron chi connectivity index (χ2n) is 9.41. The van der Waals surface area contributed by atoms with Crippen molar-refractivity contribution in [3.8, 4) is 11.5 Å². The number of piperidine rings is 1. The molecule has 162 valence electrons. The van der Waals surface area contributed by atoms with Crippen molar-refractivity contribution in [1.82, 2.24) is 4.90 Å². The van der Waals surface area contributed by atoms with Crippen LogP contribution in [0.4, 0.5) is 11.4 Å². The molecule has 0 aromatic heterocycles. The van der Waals surface area contributed by atoms with Crippen LogP contribution < -0.4 is 20.1 Å². The van der Waals surface area contributed by atoms with Gasteiger partial charge in [-0.25, -0.2) is 0 Å². The summed E-state index contributed by atoms with van der Waals surface area (Å²) in [5.74, 6) is 2.19. The molecule has 7 nitrogen and oxygen atoms in total. The van der Waals surface area contributed by atoms with E-state index in [9.17, 15) is 4.79 Å². The van der Waals surface area contributed by atoms with Gasteiger partial charge in [0, 0.05) is 12.1 Å². The Bertz CT molecular complexity index is 1060. The zero-order chi connectivity index (χ0) is 21.6. The third-order valence-electron chi connectivity index (χ3n) is 5.85. The van der Waals surface area contributed by atoms with E-state index < -0.39 is 5.54 Å². The smallest absolute Gasteiger partial charge is 0.254 e. The maximum absolute atomic E-state index is 13.4. The highest BCUT2D eigenvalue weighted by Gasteiger charge is 2.45. The summed E-state index contributed by atoms with van der Waals surface area (Å²) in [7, 11) is 0. The van der Waals surface area contributed by atoms with Gasteiger partial charge in [0.2, 0.25) is 6.79 Å². The molecule has 1 spiro atoms. The molecule has 1 fully saturated rings. The number of anilines is 2. The van der Waals surface area contributed by atoms with Gasteiger partial charge in [0.1, 0.15) is 11.4 Å². The number of carbonyl (C=O) groups excluding carboxylic acids is 1. The molecule has 1 saturated heterocycles. The molecule has 0 saturated carbocycles. The number of amides is 1. The number of benzene rings is 2.